The summed E-state index contributed by atoms with van der Waals surface area (Å²) < 4.78 is 11.7. The molecule has 2 aliphatic heterocycles. The smallest absolute Gasteiger partial charge is 0.167 e. The van der Waals surface area contributed by atoms with Crippen molar-refractivity contribution in [3.8, 4) is 0 Å². The zero-order valence-corrected chi connectivity index (χ0v) is 11.2. The summed E-state index contributed by atoms with van der Waals surface area (Å²) in [5.41, 5.74) is 5.63. The van der Waals surface area contributed by atoms with Crippen LogP contribution in [0.15, 0.2) is 0 Å². The Kier molecular flexibility index (Phi) is 4.42. The highest BCUT2D eigenvalue weighted by molar-refractivity contribution is 4.84. The Morgan fingerprint density at radius 1 is 1.41 bits per heavy atom. The molecule has 0 aromatic rings. The van der Waals surface area contributed by atoms with Gasteiger partial charge in [-0.3, -0.25) is 0 Å². The number of ether oxygens (including phenoxy) is 2. The predicted octanol–water partition coefficient (Wildman–Crippen LogP) is 1.34. The number of rotatable bonds is 4. The lowest BCUT2D eigenvalue weighted by molar-refractivity contribution is -0.169. The highest BCUT2D eigenvalue weighted by atomic mass is 16.7. The zero-order chi connectivity index (χ0) is 12.3. The Bertz CT molecular complexity index is 250. The van der Waals surface area contributed by atoms with E-state index in [2.05, 4.69) is 18.7 Å². The highest BCUT2D eigenvalue weighted by Gasteiger charge is 2.40. The molecule has 0 radical (unpaired) electrons. The fourth-order valence-corrected chi connectivity index (χ4v) is 3.05. The van der Waals surface area contributed by atoms with E-state index in [0.717, 1.165) is 13.0 Å². The molecule has 0 aromatic carbocycles. The van der Waals surface area contributed by atoms with E-state index in [1.54, 1.807) is 0 Å². The quantitative estimate of drug-likeness (QED) is 0.808. The summed E-state index contributed by atoms with van der Waals surface area (Å²) >= 11 is 0. The van der Waals surface area contributed by atoms with Crippen LogP contribution in [-0.2, 0) is 9.47 Å². The van der Waals surface area contributed by atoms with Gasteiger partial charge < -0.3 is 20.1 Å². The normalized spacial score (nSPS) is 39.7. The largest absolute Gasteiger partial charge is 0.347 e. The summed E-state index contributed by atoms with van der Waals surface area (Å²) in [6.45, 7) is 7.84. The van der Waals surface area contributed by atoms with Crippen molar-refractivity contribution >= 4 is 0 Å². The minimum absolute atomic E-state index is 0.0821. The summed E-state index contributed by atoms with van der Waals surface area (Å²) in [7, 11) is 0. The van der Waals surface area contributed by atoms with Crippen LogP contribution in [0.2, 0.25) is 0 Å². The Labute approximate surface area is 104 Å². The molecule has 3 atom stereocenters. The van der Waals surface area contributed by atoms with Crippen LogP contribution < -0.4 is 5.73 Å². The topological polar surface area (TPSA) is 47.7 Å². The molecule has 4 heteroatoms. The first-order valence-electron chi connectivity index (χ1n) is 6.93. The van der Waals surface area contributed by atoms with Gasteiger partial charge in [-0.15, -0.1) is 0 Å². The minimum atomic E-state index is -0.417. The van der Waals surface area contributed by atoms with Crippen LogP contribution in [0.25, 0.3) is 0 Å². The van der Waals surface area contributed by atoms with Crippen LogP contribution in [0, 0.1) is 0 Å². The zero-order valence-electron chi connectivity index (χ0n) is 11.2. The molecule has 0 aliphatic carbocycles. The van der Waals surface area contributed by atoms with Gasteiger partial charge >= 0.3 is 0 Å². The van der Waals surface area contributed by atoms with E-state index in [4.69, 9.17) is 15.2 Å². The summed E-state index contributed by atoms with van der Waals surface area (Å²) in [4.78, 5) is 2.55. The lowest BCUT2D eigenvalue weighted by atomic mass is 9.96. The summed E-state index contributed by atoms with van der Waals surface area (Å²) in [6.07, 6.45) is 4.98. The fourth-order valence-electron chi connectivity index (χ4n) is 3.05. The average molecular weight is 242 g/mol. The molecule has 2 rings (SSSR count). The van der Waals surface area contributed by atoms with E-state index in [9.17, 15) is 0 Å². The van der Waals surface area contributed by atoms with Crippen molar-refractivity contribution in [2.75, 3.05) is 26.2 Å². The molecule has 4 nitrogen and oxygen atoms in total. The van der Waals surface area contributed by atoms with Gasteiger partial charge in [0.15, 0.2) is 5.79 Å². The summed E-state index contributed by atoms with van der Waals surface area (Å²) in [5, 5.41) is 0. The first-order chi connectivity index (χ1) is 8.17. The van der Waals surface area contributed by atoms with Crippen molar-refractivity contribution in [1.29, 1.82) is 0 Å². The SMILES string of the molecule is CCN1CCCCC1CC1(C)OCC(CN)O1. The third kappa shape index (κ3) is 3.19. The summed E-state index contributed by atoms with van der Waals surface area (Å²) in [6, 6.07) is 0.607. The number of hydrogen-bond donors (Lipinski definition) is 1. The van der Waals surface area contributed by atoms with E-state index in [1.165, 1.54) is 25.8 Å². The monoisotopic (exact) mass is 242 g/mol. The fraction of sp³-hybridized carbons (Fsp3) is 1.00. The maximum Gasteiger partial charge on any atom is 0.167 e. The Morgan fingerprint density at radius 3 is 2.88 bits per heavy atom. The summed E-state index contributed by atoms with van der Waals surface area (Å²) in [5.74, 6) is -0.417. The third-order valence-electron chi connectivity index (χ3n) is 4.02. The second kappa shape index (κ2) is 5.65. The first kappa shape index (κ1) is 13.3. The van der Waals surface area contributed by atoms with Gasteiger partial charge in [-0.1, -0.05) is 13.3 Å². The van der Waals surface area contributed by atoms with Crippen LogP contribution >= 0.6 is 0 Å². The lowest BCUT2D eigenvalue weighted by Gasteiger charge is -2.38. The Balaban J connectivity index is 1.90. The lowest BCUT2D eigenvalue weighted by Crippen LogP contribution is -2.44. The predicted molar refractivity (Wildman–Crippen MR) is 67.8 cm³/mol. The van der Waals surface area contributed by atoms with Gasteiger partial charge in [0.1, 0.15) is 0 Å². The van der Waals surface area contributed by atoms with Gasteiger partial charge in [-0.2, -0.15) is 0 Å². The molecule has 0 aromatic heterocycles. The van der Waals surface area contributed by atoms with Gasteiger partial charge in [0.05, 0.1) is 12.7 Å². The van der Waals surface area contributed by atoms with Crippen molar-refractivity contribution < 1.29 is 9.47 Å². The molecule has 0 amide bonds. The van der Waals surface area contributed by atoms with Crippen LogP contribution in [0.4, 0.5) is 0 Å². The van der Waals surface area contributed by atoms with Gasteiger partial charge in [0, 0.05) is 19.0 Å². The van der Waals surface area contributed by atoms with Crippen molar-refractivity contribution in [3.63, 3.8) is 0 Å². The molecular weight excluding hydrogens is 216 g/mol. The molecule has 2 saturated heterocycles. The highest BCUT2D eigenvalue weighted by Crippen LogP contribution is 2.32. The number of piperidine rings is 1. The Morgan fingerprint density at radius 2 is 2.24 bits per heavy atom. The average Bonchev–Trinajstić information content (AvgIpc) is 2.72. The molecule has 2 aliphatic rings. The van der Waals surface area contributed by atoms with Gasteiger partial charge in [-0.05, 0) is 32.9 Å². The van der Waals surface area contributed by atoms with Gasteiger partial charge in [0.25, 0.3) is 0 Å². The molecule has 3 unspecified atom stereocenters. The van der Waals surface area contributed by atoms with Crippen molar-refractivity contribution in [3.05, 3.63) is 0 Å². The van der Waals surface area contributed by atoms with Crippen molar-refractivity contribution in [2.24, 2.45) is 5.73 Å². The standard InChI is InChI=1S/C13H26N2O2/c1-3-15-7-5-4-6-11(15)8-13(2)16-10-12(9-14)17-13/h11-12H,3-10,14H2,1-2H3. The molecule has 2 fully saturated rings. The molecule has 0 bridgehead atoms. The molecule has 17 heavy (non-hydrogen) atoms. The van der Waals surface area contributed by atoms with Crippen LogP contribution in [0.3, 0.4) is 0 Å². The molecule has 2 N–H and O–H groups in total. The van der Waals surface area contributed by atoms with Crippen LogP contribution in [-0.4, -0.2) is 49.1 Å². The maximum absolute atomic E-state index is 5.92. The van der Waals surface area contributed by atoms with E-state index < -0.39 is 5.79 Å². The maximum atomic E-state index is 5.92. The molecule has 2 heterocycles. The van der Waals surface area contributed by atoms with Crippen molar-refractivity contribution in [2.45, 2.75) is 57.5 Å². The van der Waals surface area contributed by atoms with Crippen LogP contribution in [0.1, 0.15) is 39.5 Å². The molecule has 0 saturated carbocycles. The van der Waals surface area contributed by atoms with Crippen molar-refractivity contribution in [1.82, 2.24) is 4.90 Å². The molecule has 0 spiro atoms. The third-order valence-corrected chi connectivity index (χ3v) is 4.02. The first-order valence-corrected chi connectivity index (χ1v) is 6.93. The minimum Gasteiger partial charge on any atom is -0.347 e. The number of nitrogens with zero attached hydrogens (tertiary/aromatic N) is 1. The van der Waals surface area contributed by atoms with E-state index in [1.807, 2.05) is 0 Å². The molecular formula is C13H26N2O2. The van der Waals surface area contributed by atoms with Crippen LogP contribution in [0.5, 0.6) is 0 Å². The second-order valence-corrected chi connectivity index (χ2v) is 5.40. The van der Waals surface area contributed by atoms with E-state index in [-0.39, 0.29) is 6.10 Å². The number of hydrogen-bond acceptors (Lipinski definition) is 4. The van der Waals surface area contributed by atoms with Gasteiger partial charge in [-0.25, -0.2) is 0 Å². The number of likely N-dealkylation sites (tertiary alicyclic amines) is 1. The Hall–Kier alpha value is -0.160. The second-order valence-electron chi connectivity index (χ2n) is 5.40. The molecule has 100 valence electrons. The van der Waals surface area contributed by atoms with E-state index >= 15 is 0 Å². The van der Waals surface area contributed by atoms with E-state index in [0.29, 0.717) is 19.2 Å². The van der Waals surface area contributed by atoms with Gasteiger partial charge in [0.2, 0.25) is 0 Å². The number of nitrogens with two attached hydrogens (primary N) is 1.